The molecule has 0 spiro atoms. The molecule has 16 heavy (non-hydrogen) atoms. The van der Waals surface area contributed by atoms with Crippen molar-refractivity contribution in [2.24, 2.45) is 5.73 Å². The Morgan fingerprint density at radius 1 is 1.44 bits per heavy atom. The van der Waals surface area contributed by atoms with Crippen LogP contribution in [0.5, 0.6) is 0 Å². The predicted molar refractivity (Wildman–Crippen MR) is 62.8 cm³/mol. The lowest BCUT2D eigenvalue weighted by molar-refractivity contribution is 0.513. The molecular weight excluding hydrogens is 202 g/mol. The number of furan rings is 1. The van der Waals surface area contributed by atoms with Crippen molar-refractivity contribution in [2.75, 3.05) is 0 Å². The normalized spacial score (nSPS) is 10.9. The lowest BCUT2D eigenvalue weighted by atomic mass is 10.1. The van der Waals surface area contributed by atoms with E-state index in [9.17, 15) is 0 Å². The maximum Gasteiger partial charge on any atom is 0.125 e. The zero-order valence-corrected chi connectivity index (χ0v) is 9.73. The van der Waals surface area contributed by atoms with Crippen LogP contribution in [-0.2, 0) is 13.1 Å². The molecule has 2 rings (SSSR count). The van der Waals surface area contributed by atoms with Gasteiger partial charge < -0.3 is 10.2 Å². The Morgan fingerprint density at radius 2 is 2.25 bits per heavy atom. The average Bonchev–Trinajstić information content (AvgIpc) is 2.84. The second-order valence-electron chi connectivity index (χ2n) is 3.85. The minimum absolute atomic E-state index is 0.417. The van der Waals surface area contributed by atoms with Crippen LogP contribution in [0.25, 0.3) is 11.1 Å². The van der Waals surface area contributed by atoms with E-state index in [0.29, 0.717) is 6.54 Å². The van der Waals surface area contributed by atoms with E-state index in [4.69, 9.17) is 10.2 Å². The van der Waals surface area contributed by atoms with Crippen LogP contribution in [0.3, 0.4) is 0 Å². The van der Waals surface area contributed by atoms with Crippen LogP contribution in [0.2, 0.25) is 0 Å². The highest BCUT2D eigenvalue weighted by atomic mass is 16.3. The first-order chi connectivity index (χ1) is 7.76. The van der Waals surface area contributed by atoms with Gasteiger partial charge in [-0.15, -0.1) is 0 Å². The third kappa shape index (κ3) is 1.88. The number of aromatic nitrogens is 2. The molecular formula is C12H17N3O. The number of rotatable bonds is 4. The van der Waals surface area contributed by atoms with Gasteiger partial charge in [0.25, 0.3) is 0 Å². The van der Waals surface area contributed by atoms with E-state index >= 15 is 0 Å². The number of nitrogens with two attached hydrogens (primary N) is 1. The van der Waals surface area contributed by atoms with Gasteiger partial charge in [0, 0.05) is 23.9 Å². The summed E-state index contributed by atoms with van der Waals surface area (Å²) in [6.45, 7) is 5.51. The topological polar surface area (TPSA) is 57.0 Å². The summed E-state index contributed by atoms with van der Waals surface area (Å²) in [5.41, 5.74) is 8.82. The summed E-state index contributed by atoms with van der Waals surface area (Å²) >= 11 is 0. The summed E-state index contributed by atoms with van der Waals surface area (Å²) in [7, 11) is 0. The Bertz CT molecular complexity index is 470. The highest BCUT2D eigenvalue weighted by molar-refractivity contribution is 5.66. The van der Waals surface area contributed by atoms with Crippen molar-refractivity contribution < 1.29 is 4.42 Å². The second-order valence-corrected chi connectivity index (χ2v) is 3.85. The molecule has 0 fully saturated rings. The van der Waals surface area contributed by atoms with Crippen molar-refractivity contribution in [1.29, 1.82) is 0 Å². The fourth-order valence-electron chi connectivity index (χ4n) is 1.86. The molecule has 2 aromatic rings. The van der Waals surface area contributed by atoms with E-state index in [1.807, 2.05) is 17.7 Å². The SMILES string of the molecule is CCCn1cc(-c2ccoc2CN)c(C)n1. The van der Waals surface area contributed by atoms with Crippen LogP contribution < -0.4 is 5.73 Å². The molecule has 0 bridgehead atoms. The van der Waals surface area contributed by atoms with Gasteiger partial charge in [-0.25, -0.2) is 0 Å². The van der Waals surface area contributed by atoms with Crippen molar-refractivity contribution >= 4 is 0 Å². The lowest BCUT2D eigenvalue weighted by Crippen LogP contribution is -1.96. The highest BCUT2D eigenvalue weighted by Crippen LogP contribution is 2.27. The Kier molecular flexibility index (Phi) is 3.10. The summed E-state index contributed by atoms with van der Waals surface area (Å²) in [6.07, 6.45) is 4.81. The number of hydrogen-bond acceptors (Lipinski definition) is 3. The fourth-order valence-corrected chi connectivity index (χ4v) is 1.86. The molecule has 0 saturated heterocycles. The molecule has 2 aromatic heterocycles. The fraction of sp³-hybridized carbons (Fsp3) is 0.417. The van der Waals surface area contributed by atoms with Crippen molar-refractivity contribution in [1.82, 2.24) is 9.78 Å². The first kappa shape index (κ1) is 11.0. The largest absolute Gasteiger partial charge is 0.467 e. The molecule has 86 valence electrons. The Labute approximate surface area is 95.1 Å². The standard InChI is InChI=1S/C12H17N3O/c1-3-5-15-8-11(9(2)14-15)10-4-6-16-12(10)7-13/h4,6,8H,3,5,7,13H2,1-2H3. The van der Waals surface area contributed by atoms with Gasteiger partial charge in [-0.2, -0.15) is 5.10 Å². The summed E-state index contributed by atoms with van der Waals surface area (Å²) in [5, 5.41) is 4.47. The van der Waals surface area contributed by atoms with E-state index in [1.165, 1.54) is 0 Å². The highest BCUT2D eigenvalue weighted by Gasteiger charge is 2.12. The van der Waals surface area contributed by atoms with Crippen molar-refractivity contribution in [3.05, 3.63) is 30.0 Å². The van der Waals surface area contributed by atoms with Crippen molar-refractivity contribution in [2.45, 2.75) is 33.4 Å². The zero-order valence-electron chi connectivity index (χ0n) is 9.73. The number of aryl methyl sites for hydroxylation is 2. The van der Waals surface area contributed by atoms with Gasteiger partial charge >= 0.3 is 0 Å². The molecule has 0 aliphatic rings. The molecule has 0 aliphatic carbocycles. The smallest absolute Gasteiger partial charge is 0.125 e. The van der Waals surface area contributed by atoms with Crippen LogP contribution in [0.15, 0.2) is 22.9 Å². The third-order valence-electron chi connectivity index (χ3n) is 2.62. The minimum atomic E-state index is 0.417. The monoisotopic (exact) mass is 219 g/mol. The van der Waals surface area contributed by atoms with Crippen molar-refractivity contribution in [3.8, 4) is 11.1 Å². The molecule has 2 N–H and O–H groups in total. The second kappa shape index (κ2) is 4.53. The summed E-state index contributed by atoms with van der Waals surface area (Å²) in [4.78, 5) is 0. The van der Waals surface area contributed by atoms with Crippen LogP contribution in [0.1, 0.15) is 24.8 Å². The van der Waals surface area contributed by atoms with Gasteiger partial charge in [-0.1, -0.05) is 6.92 Å². The van der Waals surface area contributed by atoms with Crippen LogP contribution in [0, 0.1) is 6.92 Å². The van der Waals surface area contributed by atoms with Gasteiger partial charge in [-0.05, 0) is 19.4 Å². The molecule has 2 heterocycles. The molecule has 0 radical (unpaired) electrons. The molecule has 0 atom stereocenters. The Hall–Kier alpha value is -1.55. The van der Waals surface area contributed by atoms with Gasteiger partial charge in [0.1, 0.15) is 5.76 Å². The third-order valence-corrected chi connectivity index (χ3v) is 2.62. The first-order valence-electron chi connectivity index (χ1n) is 5.57. The molecule has 4 heteroatoms. The first-order valence-corrected chi connectivity index (χ1v) is 5.57. The lowest BCUT2D eigenvalue weighted by Gasteiger charge is -1.97. The number of hydrogen-bond donors (Lipinski definition) is 1. The van der Waals surface area contributed by atoms with Crippen LogP contribution in [-0.4, -0.2) is 9.78 Å². The molecule has 0 unspecified atom stereocenters. The van der Waals surface area contributed by atoms with Crippen LogP contribution in [0.4, 0.5) is 0 Å². The van der Waals surface area contributed by atoms with Crippen LogP contribution >= 0.6 is 0 Å². The summed E-state index contributed by atoms with van der Waals surface area (Å²) in [5.74, 6) is 0.819. The summed E-state index contributed by atoms with van der Waals surface area (Å²) in [6, 6.07) is 1.95. The molecule has 0 saturated carbocycles. The van der Waals surface area contributed by atoms with E-state index in [0.717, 1.165) is 35.5 Å². The van der Waals surface area contributed by atoms with E-state index in [1.54, 1.807) is 6.26 Å². The van der Waals surface area contributed by atoms with E-state index in [2.05, 4.69) is 18.2 Å². The average molecular weight is 219 g/mol. The Morgan fingerprint density at radius 3 is 2.94 bits per heavy atom. The van der Waals surface area contributed by atoms with Crippen molar-refractivity contribution in [3.63, 3.8) is 0 Å². The maximum absolute atomic E-state index is 5.63. The van der Waals surface area contributed by atoms with Gasteiger partial charge in [0.2, 0.25) is 0 Å². The van der Waals surface area contributed by atoms with Gasteiger partial charge in [0.05, 0.1) is 18.5 Å². The molecule has 4 nitrogen and oxygen atoms in total. The molecule has 0 aromatic carbocycles. The maximum atomic E-state index is 5.63. The van der Waals surface area contributed by atoms with E-state index < -0.39 is 0 Å². The Balaban J connectivity index is 2.39. The van der Waals surface area contributed by atoms with E-state index in [-0.39, 0.29) is 0 Å². The minimum Gasteiger partial charge on any atom is -0.467 e. The molecule has 0 aliphatic heterocycles. The summed E-state index contributed by atoms with van der Waals surface area (Å²) < 4.78 is 7.30. The zero-order chi connectivity index (χ0) is 11.5. The number of nitrogens with zero attached hydrogens (tertiary/aromatic N) is 2. The quantitative estimate of drug-likeness (QED) is 0.858. The molecule has 0 amide bonds. The van der Waals surface area contributed by atoms with Gasteiger partial charge in [-0.3, -0.25) is 4.68 Å². The predicted octanol–water partition coefficient (Wildman–Crippen LogP) is 2.32. The van der Waals surface area contributed by atoms with Gasteiger partial charge in [0.15, 0.2) is 0 Å².